The lowest BCUT2D eigenvalue weighted by atomic mass is 9.79. The van der Waals surface area contributed by atoms with E-state index in [4.69, 9.17) is 5.11 Å². The first-order chi connectivity index (χ1) is 8.15. The molecule has 2 heterocycles. The fraction of sp³-hybridized carbons (Fsp3) is 0.923. The van der Waals surface area contributed by atoms with Crippen LogP contribution in [0.1, 0.15) is 32.6 Å². The number of aliphatic hydroxyl groups excluding tert-OH is 1. The second-order valence-corrected chi connectivity index (χ2v) is 5.73. The Labute approximate surface area is 103 Å². The number of amides is 1. The molecule has 4 heteroatoms. The molecule has 0 aromatic carbocycles. The summed E-state index contributed by atoms with van der Waals surface area (Å²) >= 11 is 0. The molecule has 0 radical (unpaired) electrons. The van der Waals surface area contributed by atoms with Gasteiger partial charge in [0, 0.05) is 25.1 Å². The van der Waals surface area contributed by atoms with E-state index in [2.05, 4.69) is 12.2 Å². The summed E-state index contributed by atoms with van der Waals surface area (Å²) in [6.07, 6.45) is 3.79. The van der Waals surface area contributed by atoms with Gasteiger partial charge >= 0.3 is 0 Å². The number of hydrogen-bond acceptors (Lipinski definition) is 3. The lowest BCUT2D eigenvalue weighted by Crippen LogP contribution is -2.47. The van der Waals surface area contributed by atoms with Gasteiger partial charge in [-0.3, -0.25) is 4.79 Å². The van der Waals surface area contributed by atoms with Gasteiger partial charge in [-0.2, -0.15) is 0 Å². The Kier molecular flexibility index (Phi) is 4.05. The zero-order valence-corrected chi connectivity index (χ0v) is 10.7. The van der Waals surface area contributed by atoms with Crippen LogP contribution in [0.2, 0.25) is 0 Å². The van der Waals surface area contributed by atoms with Crippen LogP contribution in [0.3, 0.4) is 0 Å². The number of hydrogen-bond donors (Lipinski definition) is 2. The van der Waals surface area contributed by atoms with Crippen molar-refractivity contribution in [1.29, 1.82) is 0 Å². The zero-order valence-electron chi connectivity index (χ0n) is 10.7. The lowest BCUT2D eigenvalue weighted by molar-refractivity contribution is -0.141. The van der Waals surface area contributed by atoms with Crippen LogP contribution in [0.25, 0.3) is 0 Å². The largest absolute Gasteiger partial charge is 0.396 e. The van der Waals surface area contributed by atoms with Gasteiger partial charge in [-0.1, -0.05) is 6.92 Å². The van der Waals surface area contributed by atoms with E-state index in [-0.39, 0.29) is 12.0 Å². The van der Waals surface area contributed by atoms with E-state index >= 15 is 0 Å². The molecular formula is C13H24N2O2. The monoisotopic (exact) mass is 240 g/mol. The Morgan fingerprint density at radius 3 is 2.82 bits per heavy atom. The van der Waals surface area contributed by atoms with Crippen LogP contribution < -0.4 is 5.32 Å². The predicted molar refractivity (Wildman–Crippen MR) is 66.6 cm³/mol. The van der Waals surface area contributed by atoms with Gasteiger partial charge in [-0.25, -0.2) is 0 Å². The standard InChI is InChI=1S/C13H24N2O2/c1-13(4-6-14-7-5-13)12(17)15-8-2-11(10-15)3-9-16/h11,14,16H,2-10H2,1H3. The molecule has 2 N–H and O–H groups in total. The molecule has 4 nitrogen and oxygen atoms in total. The van der Waals surface area contributed by atoms with Crippen molar-refractivity contribution in [3.05, 3.63) is 0 Å². The quantitative estimate of drug-likeness (QED) is 0.760. The zero-order chi connectivity index (χ0) is 12.3. The maximum Gasteiger partial charge on any atom is 0.228 e. The average molecular weight is 240 g/mol. The molecule has 2 rings (SSSR count). The summed E-state index contributed by atoms with van der Waals surface area (Å²) in [5, 5.41) is 12.2. The molecule has 0 bridgehead atoms. The molecule has 1 unspecified atom stereocenters. The van der Waals surface area contributed by atoms with Gasteiger partial charge in [0.1, 0.15) is 0 Å². The van der Waals surface area contributed by atoms with E-state index < -0.39 is 0 Å². The molecule has 0 aliphatic carbocycles. The maximum absolute atomic E-state index is 12.5. The number of nitrogens with one attached hydrogen (secondary N) is 1. The Bertz CT molecular complexity index is 275. The number of rotatable bonds is 3. The lowest BCUT2D eigenvalue weighted by Gasteiger charge is -2.36. The van der Waals surface area contributed by atoms with E-state index in [9.17, 15) is 4.79 Å². The number of nitrogens with zero attached hydrogens (tertiary/aromatic N) is 1. The van der Waals surface area contributed by atoms with E-state index in [1.54, 1.807) is 0 Å². The van der Waals surface area contributed by atoms with Gasteiger partial charge in [0.15, 0.2) is 0 Å². The number of carbonyl (C=O) groups is 1. The molecule has 17 heavy (non-hydrogen) atoms. The van der Waals surface area contributed by atoms with Crippen LogP contribution >= 0.6 is 0 Å². The summed E-state index contributed by atoms with van der Waals surface area (Å²) in [6.45, 7) is 5.99. The van der Waals surface area contributed by atoms with E-state index in [0.717, 1.165) is 51.9 Å². The van der Waals surface area contributed by atoms with Crippen molar-refractivity contribution in [2.45, 2.75) is 32.6 Å². The molecule has 2 aliphatic rings. The van der Waals surface area contributed by atoms with Crippen LogP contribution in [0, 0.1) is 11.3 Å². The van der Waals surface area contributed by atoms with Gasteiger partial charge < -0.3 is 15.3 Å². The third kappa shape index (κ3) is 2.80. The van der Waals surface area contributed by atoms with Crippen molar-refractivity contribution in [2.75, 3.05) is 32.8 Å². The number of carbonyl (C=O) groups excluding carboxylic acids is 1. The summed E-state index contributed by atoms with van der Waals surface area (Å²) < 4.78 is 0. The molecule has 2 aliphatic heterocycles. The molecule has 0 aromatic rings. The van der Waals surface area contributed by atoms with E-state index in [0.29, 0.717) is 11.8 Å². The minimum Gasteiger partial charge on any atom is -0.396 e. The smallest absolute Gasteiger partial charge is 0.228 e. The highest BCUT2D eigenvalue weighted by Gasteiger charge is 2.39. The summed E-state index contributed by atoms with van der Waals surface area (Å²) in [4.78, 5) is 14.5. The minimum absolute atomic E-state index is 0.153. The van der Waals surface area contributed by atoms with Crippen LogP contribution in [-0.2, 0) is 4.79 Å². The second kappa shape index (κ2) is 5.36. The molecule has 1 atom stereocenters. The Morgan fingerprint density at radius 1 is 1.47 bits per heavy atom. The molecule has 0 saturated carbocycles. The normalized spacial score (nSPS) is 28.4. The molecule has 2 saturated heterocycles. The van der Waals surface area contributed by atoms with Crippen molar-refractivity contribution in [3.8, 4) is 0 Å². The Balaban J connectivity index is 1.91. The molecule has 0 spiro atoms. The highest BCUT2D eigenvalue weighted by Crippen LogP contribution is 2.32. The Morgan fingerprint density at radius 2 is 2.18 bits per heavy atom. The third-order valence-corrected chi connectivity index (χ3v) is 4.33. The predicted octanol–water partition coefficient (Wildman–Crippen LogP) is 0.607. The molecule has 1 amide bonds. The third-order valence-electron chi connectivity index (χ3n) is 4.33. The topological polar surface area (TPSA) is 52.6 Å². The summed E-state index contributed by atoms with van der Waals surface area (Å²) in [5.74, 6) is 0.841. The minimum atomic E-state index is -0.153. The fourth-order valence-electron chi connectivity index (χ4n) is 3.01. The molecule has 0 aromatic heterocycles. The highest BCUT2D eigenvalue weighted by molar-refractivity contribution is 5.82. The van der Waals surface area contributed by atoms with E-state index in [1.807, 2.05) is 4.90 Å². The van der Waals surface area contributed by atoms with Crippen LogP contribution in [0.15, 0.2) is 0 Å². The van der Waals surface area contributed by atoms with Crippen LogP contribution in [-0.4, -0.2) is 48.7 Å². The fourth-order valence-corrected chi connectivity index (χ4v) is 3.01. The molecule has 2 fully saturated rings. The Hall–Kier alpha value is -0.610. The van der Waals surface area contributed by atoms with Crippen molar-refractivity contribution in [3.63, 3.8) is 0 Å². The van der Waals surface area contributed by atoms with E-state index in [1.165, 1.54) is 0 Å². The average Bonchev–Trinajstić information content (AvgIpc) is 2.78. The first-order valence-corrected chi connectivity index (χ1v) is 6.77. The summed E-state index contributed by atoms with van der Waals surface area (Å²) in [6, 6.07) is 0. The number of likely N-dealkylation sites (tertiary alicyclic amines) is 1. The van der Waals surface area contributed by atoms with Gasteiger partial charge in [0.25, 0.3) is 0 Å². The van der Waals surface area contributed by atoms with Crippen molar-refractivity contribution >= 4 is 5.91 Å². The van der Waals surface area contributed by atoms with Crippen molar-refractivity contribution < 1.29 is 9.90 Å². The van der Waals surface area contributed by atoms with Crippen molar-refractivity contribution in [1.82, 2.24) is 10.2 Å². The summed E-state index contributed by atoms with van der Waals surface area (Å²) in [7, 11) is 0. The second-order valence-electron chi connectivity index (χ2n) is 5.73. The van der Waals surface area contributed by atoms with Gasteiger partial charge in [0.05, 0.1) is 0 Å². The SMILES string of the molecule is CC1(C(=O)N2CCC(CCO)C2)CCNCC1. The summed E-state index contributed by atoms with van der Waals surface area (Å²) in [5.41, 5.74) is -0.153. The number of piperidine rings is 1. The maximum atomic E-state index is 12.5. The van der Waals surface area contributed by atoms with Crippen LogP contribution in [0.5, 0.6) is 0 Å². The van der Waals surface area contributed by atoms with Gasteiger partial charge in [-0.15, -0.1) is 0 Å². The van der Waals surface area contributed by atoms with Gasteiger partial charge in [0.2, 0.25) is 5.91 Å². The number of aliphatic hydroxyl groups is 1. The first-order valence-electron chi connectivity index (χ1n) is 6.77. The first kappa shape index (κ1) is 12.8. The molecular weight excluding hydrogens is 216 g/mol. The van der Waals surface area contributed by atoms with Gasteiger partial charge in [-0.05, 0) is 44.7 Å². The highest BCUT2D eigenvalue weighted by atomic mass is 16.3. The molecule has 98 valence electrons. The van der Waals surface area contributed by atoms with Crippen LogP contribution in [0.4, 0.5) is 0 Å². The van der Waals surface area contributed by atoms with Crippen molar-refractivity contribution in [2.24, 2.45) is 11.3 Å².